The number of benzene rings is 3. The number of non-ortho nitro benzene ring substituents is 1. The van der Waals surface area contributed by atoms with E-state index in [0.717, 1.165) is 4.90 Å². The minimum atomic E-state index is -0.662. The van der Waals surface area contributed by atoms with Crippen molar-refractivity contribution in [3.05, 3.63) is 69.8 Å². The van der Waals surface area contributed by atoms with Crippen molar-refractivity contribution in [2.45, 2.75) is 0 Å². The maximum atomic E-state index is 13.3. The van der Waals surface area contributed by atoms with Gasteiger partial charge in [-0.05, 0) is 23.6 Å². The molecule has 1 heterocycles. The summed E-state index contributed by atoms with van der Waals surface area (Å²) < 4.78 is 5.21. The van der Waals surface area contributed by atoms with Crippen molar-refractivity contribution in [3.8, 4) is 5.75 Å². The van der Waals surface area contributed by atoms with Gasteiger partial charge in [0.2, 0.25) is 0 Å². The number of hydrogen-bond donors (Lipinski definition) is 2. The average molecular weight is 407 g/mol. The van der Waals surface area contributed by atoms with Crippen molar-refractivity contribution >= 4 is 39.6 Å². The molecule has 1 aliphatic rings. The van der Waals surface area contributed by atoms with Gasteiger partial charge in [0.15, 0.2) is 0 Å². The smallest absolute Gasteiger partial charge is 0.270 e. The van der Waals surface area contributed by atoms with Gasteiger partial charge in [-0.2, -0.15) is 0 Å². The maximum absolute atomic E-state index is 13.3. The second-order valence-electron chi connectivity index (χ2n) is 6.63. The molecule has 2 N–H and O–H groups in total. The fraction of sp³-hybridized carbons (Fsp3) is 0.143. The van der Waals surface area contributed by atoms with Crippen LogP contribution in [0.25, 0.3) is 10.8 Å². The van der Waals surface area contributed by atoms with Gasteiger partial charge in [0, 0.05) is 35.7 Å². The first-order valence-electron chi connectivity index (χ1n) is 9.09. The molecule has 9 heteroatoms. The normalized spacial score (nSPS) is 12.9. The number of nitrogens with zero attached hydrogens (tertiary/aromatic N) is 2. The molecule has 2 amide bonds. The lowest BCUT2D eigenvalue weighted by Crippen LogP contribution is -2.41. The molecule has 0 aromatic heterocycles. The van der Waals surface area contributed by atoms with E-state index in [4.69, 9.17) is 9.84 Å². The van der Waals surface area contributed by atoms with E-state index in [0.29, 0.717) is 22.2 Å². The molecule has 152 valence electrons. The van der Waals surface area contributed by atoms with Gasteiger partial charge >= 0.3 is 0 Å². The monoisotopic (exact) mass is 407 g/mol. The van der Waals surface area contributed by atoms with E-state index in [1.807, 2.05) is 0 Å². The molecule has 3 aromatic rings. The Morgan fingerprint density at radius 2 is 1.87 bits per heavy atom. The standard InChI is InChI=1S/C21H17N3O6/c1-30-14-5-6-18(17(11-14)22-7-8-25)23-20(26)15-4-2-3-12-9-13(24(28)29)10-16(19(12)15)21(23)27/h2-6,9-11,22,25H,7-8H2,1H3. The van der Waals surface area contributed by atoms with Crippen LogP contribution in [0, 0.1) is 10.1 Å². The number of imide groups is 1. The zero-order valence-electron chi connectivity index (χ0n) is 15.9. The fourth-order valence-electron chi connectivity index (χ4n) is 3.59. The number of amides is 2. The number of carbonyl (C=O) groups is 2. The first-order chi connectivity index (χ1) is 14.5. The highest BCUT2D eigenvalue weighted by atomic mass is 16.6. The number of carbonyl (C=O) groups excluding carboxylic acids is 2. The number of nitrogens with one attached hydrogen (secondary N) is 1. The Balaban J connectivity index is 1.93. The van der Waals surface area contributed by atoms with Crippen LogP contribution in [0.15, 0.2) is 48.5 Å². The number of aliphatic hydroxyl groups excluding tert-OH is 1. The third-order valence-electron chi connectivity index (χ3n) is 4.91. The summed E-state index contributed by atoms with van der Waals surface area (Å²) in [5, 5.41) is 24.3. The third-order valence-corrected chi connectivity index (χ3v) is 4.91. The quantitative estimate of drug-likeness (QED) is 0.366. The van der Waals surface area contributed by atoms with Crippen molar-refractivity contribution in [1.29, 1.82) is 0 Å². The lowest BCUT2D eigenvalue weighted by atomic mass is 9.93. The van der Waals surface area contributed by atoms with Crippen molar-refractivity contribution in [3.63, 3.8) is 0 Å². The molecule has 0 fully saturated rings. The maximum Gasteiger partial charge on any atom is 0.270 e. The number of aliphatic hydroxyl groups is 1. The van der Waals surface area contributed by atoms with Gasteiger partial charge in [-0.1, -0.05) is 12.1 Å². The Labute approximate surface area is 170 Å². The SMILES string of the molecule is COc1ccc(N2C(=O)c3cccc4cc([N+](=O)[O-])cc(c34)C2=O)c(NCCO)c1. The molecule has 0 unspecified atom stereocenters. The van der Waals surface area contributed by atoms with Crippen LogP contribution in [0.5, 0.6) is 5.75 Å². The van der Waals surface area contributed by atoms with Crippen LogP contribution in [0.1, 0.15) is 20.7 Å². The lowest BCUT2D eigenvalue weighted by molar-refractivity contribution is -0.384. The number of rotatable bonds is 6. The van der Waals surface area contributed by atoms with Gasteiger partial charge in [0.25, 0.3) is 17.5 Å². The fourth-order valence-corrected chi connectivity index (χ4v) is 3.59. The molecule has 3 aromatic carbocycles. The van der Waals surface area contributed by atoms with E-state index in [2.05, 4.69) is 5.32 Å². The van der Waals surface area contributed by atoms with E-state index < -0.39 is 16.7 Å². The number of hydrogen-bond acceptors (Lipinski definition) is 7. The van der Waals surface area contributed by atoms with Crippen molar-refractivity contribution < 1.29 is 24.4 Å². The topological polar surface area (TPSA) is 122 Å². The highest BCUT2D eigenvalue weighted by molar-refractivity contribution is 6.36. The molecule has 0 atom stereocenters. The van der Waals surface area contributed by atoms with Crippen molar-refractivity contribution in [2.75, 3.05) is 30.5 Å². The first-order valence-corrected chi connectivity index (χ1v) is 9.09. The molecule has 1 aliphatic heterocycles. The number of nitro benzene ring substituents is 1. The molecule has 30 heavy (non-hydrogen) atoms. The molecule has 0 saturated heterocycles. The second kappa shape index (κ2) is 7.45. The summed E-state index contributed by atoms with van der Waals surface area (Å²) >= 11 is 0. The lowest BCUT2D eigenvalue weighted by Gasteiger charge is -2.29. The molecular weight excluding hydrogens is 390 g/mol. The molecule has 0 radical (unpaired) electrons. The van der Waals surface area contributed by atoms with Gasteiger partial charge in [0.1, 0.15) is 5.75 Å². The van der Waals surface area contributed by atoms with Crippen LogP contribution in [-0.4, -0.2) is 42.1 Å². The second-order valence-corrected chi connectivity index (χ2v) is 6.63. The van der Waals surface area contributed by atoms with Crippen molar-refractivity contribution in [2.24, 2.45) is 0 Å². The van der Waals surface area contributed by atoms with E-state index in [1.54, 1.807) is 36.4 Å². The van der Waals surface area contributed by atoms with E-state index in [9.17, 15) is 19.7 Å². The van der Waals surface area contributed by atoms with Gasteiger partial charge in [-0.3, -0.25) is 19.7 Å². The molecule has 9 nitrogen and oxygen atoms in total. The Hall–Kier alpha value is -3.98. The van der Waals surface area contributed by atoms with E-state index >= 15 is 0 Å². The van der Waals surface area contributed by atoms with Gasteiger partial charge < -0.3 is 15.2 Å². The minimum absolute atomic E-state index is 0.0818. The zero-order chi connectivity index (χ0) is 21.4. The minimum Gasteiger partial charge on any atom is -0.497 e. The summed E-state index contributed by atoms with van der Waals surface area (Å²) in [7, 11) is 1.48. The molecule has 0 bridgehead atoms. The summed E-state index contributed by atoms with van der Waals surface area (Å²) in [4.78, 5) is 38.4. The van der Waals surface area contributed by atoms with Gasteiger partial charge in [0.05, 0.1) is 35.6 Å². The molecule has 0 spiro atoms. The zero-order valence-corrected chi connectivity index (χ0v) is 15.9. The molecule has 4 rings (SSSR count). The summed E-state index contributed by atoms with van der Waals surface area (Å²) in [6, 6.07) is 12.1. The first kappa shape index (κ1) is 19.3. The van der Waals surface area contributed by atoms with E-state index in [1.165, 1.54) is 19.2 Å². The van der Waals surface area contributed by atoms with E-state index in [-0.39, 0.29) is 35.7 Å². The summed E-state index contributed by atoms with van der Waals surface area (Å²) in [5.41, 5.74) is 0.796. The predicted molar refractivity (Wildman–Crippen MR) is 110 cm³/mol. The number of nitro groups is 1. The van der Waals surface area contributed by atoms with Crippen LogP contribution in [0.2, 0.25) is 0 Å². The Morgan fingerprint density at radius 1 is 1.10 bits per heavy atom. The Kier molecular flexibility index (Phi) is 4.80. The number of anilines is 2. The Bertz CT molecular complexity index is 1210. The van der Waals surface area contributed by atoms with Crippen LogP contribution in [0.3, 0.4) is 0 Å². The third kappa shape index (κ3) is 3.01. The van der Waals surface area contributed by atoms with Crippen molar-refractivity contribution in [1.82, 2.24) is 0 Å². The average Bonchev–Trinajstić information content (AvgIpc) is 2.76. The molecule has 0 aliphatic carbocycles. The molecule has 0 saturated carbocycles. The Morgan fingerprint density at radius 3 is 2.57 bits per heavy atom. The van der Waals surface area contributed by atoms with Crippen LogP contribution >= 0.6 is 0 Å². The van der Waals surface area contributed by atoms with Gasteiger partial charge in [-0.15, -0.1) is 0 Å². The van der Waals surface area contributed by atoms with Crippen LogP contribution in [-0.2, 0) is 0 Å². The number of methoxy groups -OCH3 is 1. The molecular formula is C21H17N3O6. The summed E-state index contributed by atoms with van der Waals surface area (Å²) in [6.07, 6.45) is 0. The van der Waals surface area contributed by atoms with Gasteiger partial charge in [-0.25, -0.2) is 4.90 Å². The summed E-state index contributed by atoms with van der Waals surface area (Å²) in [5.74, 6) is -0.706. The predicted octanol–water partition coefficient (Wildman–Crippen LogP) is 2.96. The summed E-state index contributed by atoms with van der Waals surface area (Å²) in [6.45, 7) is 0.0287. The number of ether oxygens (including phenoxy) is 1. The van der Waals surface area contributed by atoms with Crippen LogP contribution < -0.4 is 15.0 Å². The largest absolute Gasteiger partial charge is 0.497 e. The highest BCUT2D eigenvalue weighted by Crippen LogP contribution is 2.38. The van der Waals surface area contributed by atoms with Crippen LogP contribution in [0.4, 0.5) is 17.1 Å². The highest BCUT2D eigenvalue weighted by Gasteiger charge is 2.36.